The molecule has 1 rings (SSSR count). The number of benzene rings is 1. The maximum atomic E-state index is 10.2. The lowest BCUT2D eigenvalue weighted by Gasteiger charge is -2.04. The Kier molecular flexibility index (Phi) is 2.68. The summed E-state index contributed by atoms with van der Waals surface area (Å²) in [5.41, 5.74) is 0.547. The Hall–Kier alpha value is -0.800. The van der Waals surface area contributed by atoms with Gasteiger partial charge >= 0.3 is 0 Å². The molecular weight excluding hydrogens is 160 g/mol. The maximum absolute atomic E-state index is 10.2. The molecule has 0 aromatic heterocycles. The average molecular weight is 168 g/mol. The Morgan fingerprint density at radius 1 is 1.45 bits per heavy atom. The Bertz CT molecular complexity index is 260. The molecule has 0 aliphatic heterocycles. The number of hydrogen-bond acceptors (Lipinski definition) is 3. The van der Waals surface area contributed by atoms with E-state index < -0.39 is 6.10 Å². The van der Waals surface area contributed by atoms with Crippen molar-refractivity contribution in [2.75, 3.05) is 0 Å². The monoisotopic (exact) mass is 168 g/mol. The van der Waals surface area contributed by atoms with Crippen LogP contribution >= 0.6 is 12.6 Å². The quantitative estimate of drug-likeness (QED) is 0.514. The number of aliphatic hydroxyl groups is 1. The minimum atomic E-state index is -1.05. The second-order valence-electron chi connectivity index (χ2n) is 2.14. The van der Waals surface area contributed by atoms with E-state index in [2.05, 4.69) is 12.6 Å². The lowest BCUT2D eigenvalue weighted by molar-refractivity contribution is -0.115. The Morgan fingerprint density at radius 3 is 2.64 bits per heavy atom. The van der Waals surface area contributed by atoms with Crippen LogP contribution < -0.4 is 0 Å². The molecule has 0 radical (unpaired) electrons. The summed E-state index contributed by atoms with van der Waals surface area (Å²) >= 11 is 4.07. The summed E-state index contributed by atoms with van der Waals surface area (Å²) in [6.07, 6.45) is -0.571. The highest BCUT2D eigenvalue weighted by Crippen LogP contribution is 2.18. The second kappa shape index (κ2) is 3.55. The maximum Gasteiger partial charge on any atom is 0.153 e. The molecule has 0 spiro atoms. The zero-order chi connectivity index (χ0) is 8.27. The van der Waals surface area contributed by atoms with Crippen molar-refractivity contribution in [2.45, 2.75) is 11.0 Å². The van der Waals surface area contributed by atoms with Gasteiger partial charge in [0.1, 0.15) is 6.10 Å². The van der Waals surface area contributed by atoms with Gasteiger partial charge in [-0.15, -0.1) is 12.6 Å². The molecule has 3 heteroatoms. The first-order valence-electron chi connectivity index (χ1n) is 3.17. The van der Waals surface area contributed by atoms with Crippen LogP contribution in [0.4, 0.5) is 0 Å². The molecule has 0 aliphatic carbocycles. The zero-order valence-electron chi connectivity index (χ0n) is 5.77. The summed E-state index contributed by atoms with van der Waals surface area (Å²) in [5, 5.41) is 9.09. The number of carbonyl (C=O) groups excluding carboxylic acids is 1. The number of aliphatic hydroxyl groups excluding tert-OH is 1. The average Bonchev–Trinajstić information content (AvgIpc) is 2.04. The summed E-state index contributed by atoms with van der Waals surface area (Å²) in [6.45, 7) is 0. The molecule has 1 N–H and O–H groups in total. The minimum absolute atomic E-state index is 0.481. The molecule has 1 aromatic carbocycles. The number of thiol groups is 1. The summed E-state index contributed by atoms with van der Waals surface area (Å²) < 4.78 is 0. The molecule has 1 unspecified atom stereocenters. The van der Waals surface area contributed by atoms with Gasteiger partial charge in [-0.25, -0.2) is 0 Å². The molecule has 0 fully saturated rings. The molecule has 0 heterocycles. The van der Waals surface area contributed by atoms with Crippen molar-refractivity contribution >= 4 is 18.9 Å². The third-order valence-corrected chi connectivity index (χ3v) is 1.79. The van der Waals surface area contributed by atoms with Gasteiger partial charge in [0.2, 0.25) is 0 Å². The number of hydrogen-bond donors (Lipinski definition) is 2. The third-order valence-electron chi connectivity index (χ3n) is 1.38. The lowest BCUT2D eigenvalue weighted by atomic mass is 10.1. The molecule has 0 saturated heterocycles. The van der Waals surface area contributed by atoms with Crippen molar-refractivity contribution in [3.8, 4) is 0 Å². The Labute approximate surface area is 70.3 Å². The highest BCUT2D eigenvalue weighted by atomic mass is 32.1. The van der Waals surface area contributed by atoms with Gasteiger partial charge in [-0.1, -0.05) is 18.2 Å². The molecule has 0 amide bonds. The second-order valence-corrected chi connectivity index (χ2v) is 2.62. The first-order chi connectivity index (χ1) is 5.25. The van der Waals surface area contributed by atoms with E-state index in [0.717, 1.165) is 0 Å². The number of rotatable bonds is 2. The fraction of sp³-hybridized carbons (Fsp3) is 0.125. The topological polar surface area (TPSA) is 37.3 Å². The van der Waals surface area contributed by atoms with Crippen molar-refractivity contribution < 1.29 is 9.90 Å². The summed E-state index contributed by atoms with van der Waals surface area (Å²) in [6, 6.07) is 6.94. The fourth-order valence-electron chi connectivity index (χ4n) is 0.811. The molecular formula is C8H8O2S. The van der Waals surface area contributed by atoms with Crippen molar-refractivity contribution in [3.63, 3.8) is 0 Å². The Morgan fingerprint density at radius 2 is 2.09 bits per heavy atom. The van der Waals surface area contributed by atoms with E-state index in [0.29, 0.717) is 16.7 Å². The van der Waals surface area contributed by atoms with Crippen LogP contribution in [0.1, 0.15) is 11.7 Å². The summed E-state index contributed by atoms with van der Waals surface area (Å²) in [4.78, 5) is 10.8. The highest BCUT2D eigenvalue weighted by Gasteiger charge is 2.07. The molecule has 1 aromatic rings. The van der Waals surface area contributed by atoms with Gasteiger partial charge in [0, 0.05) is 10.5 Å². The summed E-state index contributed by atoms with van der Waals surface area (Å²) in [5.74, 6) is 0. The minimum Gasteiger partial charge on any atom is -0.381 e. The highest BCUT2D eigenvalue weighted by molar-refractivity contribution is 7.80. The van der Waals surface area contributed by atoms with Crippen LogP contribution in [0.3, 0.4) is 0 Å². The molecule has 58 valence electrons. The van der Waals surface area contributed by atoms with Crippen LogP contribution in [0.5, 0.6) is 0 Å². The molecule has 1 atom stereocenters. The predicted octanol–water partition coefficient (Wildman–Crippen LogP) is 1.21. The van der Waals surface area contributed by atoms with Gasteiger partial charge in [0.25, 0.3) is 0 Å². The van der Waals surface area contributed by atoms with Crippen LogP contribution in [0.2, 0.25) is 0 Å². The SMILES string of the molecule is O=CC(O)c1ccccc1S. The third kappa shape index (κ3) is 1.82. The first-order valence-corrected chi connectivity index (χ1v) is 3.61. The largest absolute Gasteiger partial charge is 0.381 e. The van der Waals surface area contributed by atoms with Gasteiger partial charge in [-0.2, -0.15) is 0 Å². The van der Waals surface area contributed by atoms with Gasteiger partial charge in [-0.3, -0.25) is 0 Å². The normalized spacial score (nSPS) is 12.5. The zero-order valence-corrected chi connectivity index (χ0v) is 6.66. The number of aldehydes is 1. The van der Waals surface area contributed by atoms with E-state index in [-0.39, 0.29) is 0 Å². The first kappa shape index (κ1) is 8.30. The van der Waals surface area contributed by atoms with E-state index in [1.54, 1.807) is 24.3 Å². The van der Waals surface area contributed by atoms with Crippen LogP contribution in [-0.2, 0) is 4.79 Å². The summed E-state index contributed by atoms with van der Waals surface area (Å²) in [7, 11) is 0. The van der Waals surface area contributed by atoms with Crippen LogP contribution in [0.15, 0.2) is 29.2 Å². The van der Waals surface area contributed by atoms with E-state index in [1.807, 2.05) is 0 Å². The van der Waals surface area contributed by atoms with Gasteiger partial charge in [0.15, 0.2) is 6.29 Å². The van der Waals surface area contributed by atoms with Crippen molar-refractivity contribution in [3.05, 3.63) is 29.8 Å². The fourth-order valence-corrected chi connectivity index (χ4v) is 1.10. The van der Waals surface area contributed by atoms with Crippen molar-refractivity contribution in [1.82, 2.24) is 0 Å². The van der Waals surface area contributed by atoms with Gasteiger partial charge < -0.3 is 9.90 Å². The van der Waals surface area contributed by atoms with Crippen molar-refractivity contribution in [2.24, 2.45) is 0 Å². The molecule has 0 aliphatic rings. The van der Waals surface area contributed by atoms with E-state index in [1.165, 1.54) is 0 Å². The van der Waals surface area contributed by atoms with E-state index in [9.17, 15) is 4.79 Å². The van der Waals surface area contributed by atoms with E-state index >= 15 is 0 Å². The molecule has 11 heavy (non-hydrogen) atoms. The molecule has 2 nitrogen and oxygen atoms in total. The molecule has 0 saturated carbocycles. The van der Waals surface area contributed by atoms with Crippen molar-refractivity contribution in [1.29, 1.82) is 0 Å². The lowest BCUT2D eigenvalue weighted by Crippen LogP contribution is -1.98. The van der Waals surface area contributed by atoms with Crippen LogP contribution in [-0.4, -0.2) is 11.4 Å². The Balaban J connectivity index is 3.02. The van der Waals surface area contributed by atoms with Gasteiger partial charge in [-0.05, 0) is 6.07 Å². The van der Waals surface area contributed by atoms with Crippen LogP contribution in [0.25, 0.3) is 0 Å². The standard InChI is InChI=1S/C8H8O2S/c9-5-7(10)6-3-1-2-4-8(6)11/h1-5,7,10-11H. The van der Waals surface area contributed by atoms with Gasteiger partial charge in [0.05, 0.1) is 0 Å². The van der Waals surface area contributed by atoms with E-state index in [4.69, 9.17) is 5.11 Å². The van der Waals surface area contributed by atoms with Crippen LogP contribution in [0, 0.1) is 0 Å². The predicted molar refractivity (Wildman–Crippen MR) is 44.7 cm³/mol. The number of carbonyl (C=O) groups is 1. The smallest absolute Gasteiger partial charge is 0.153 e. The molecule has 0 bridgehead atoms.